The monoisotopic (exact) mass is 336 g/mol. The maximum Gasteiger partial charge on any atom is 0.0307 e. The first-order chi connectivity index (χ1) is 9.60. The summed E-state index contributed by atoms with van der Waals surface area (Å²) >= 11 is 3.52. The molecule has 1 saturated heterocycles. The molecule has 0 amide bonds. The average Bonchev–Trinajstić information content (AvgIpc) is 3.28. The largest absolute Gasteiger partial charge is 0.311 e. The van der Waals surface area contributed by atoms with Crippen LogP contribution in [-0.4, -0.2) is 29.6 Å². The van der Waals surface area contributed by atoms with E-state index in [0.717, 1.165) is 23.5 Å². The molecule has 2 atom stereocenters. The normalized spacial score (nSPS) is 31.4. The Labute approximate surface area is 131 Å². The number of hydrogen-bond acceptors (Lipinski definition) is 2. The summed E-state index contributed by atoms with van der Waals surface area (Å²) in [5.74, 6) is 0.934. The lowest BCUT2D eigenvalue weighted by atomic mass is 9.90. The van der Waals surface area contributed by atoms with Crippen molar-refractivity contribution in [2.24, 2.45) is 5.92 Å². The molecule has 2 nitrogen and oxygen atoms in total. The van der Waals surface area contributed by atoms with Gasteiger partial charge in [0, 0.05) is 35.7 Å². The Morgan fingerprint density at radius 3 is 2.60 bits per heavy atom. The molecule has 0 spiro atoms. The molecule has 0 aromatic heterocycles. The maximum atomic E-state index is 3.80. The second kappa shape index (κ2) is 5.78. The maximum absolute atomic E-state index is 3.80. The van der Waals surface area contributed by atoms with Crippen molar-refractivity contribution >= 4 is 15.9 Å². The molecule has 2 unspecified atom stereocenters. The van der Waals surface area contributed by atoms with Crippen molar-refractivity contribution in [1.29, 1.82) is 0 Å². The van der Waals surface area contributed by atoms with Crippen LogP contribution in [0.5, 0.6) is 0 Å². The fourth-order valence-electron chi connectivity index (χ4n) is 3.21. The molecule has 3 rings (SSSR count). The van der Waals surface area contributed by atoms with Crippen molar-refractivity contribution in [3.05, 3.63) is 34.3 Å². The Morgan fingerprint density at radius 1 is 1.30 bits per heavy atom. The number of rotatable bonds is 4. The summed E-state index contributed by atoms with van der Waals surface area (Å²) in [7, 11) is 0. The van der Waals surface area contributed by atoms with Crippen LogP contribution in [0.3, 0.4) is 0 Å². The van der Waals surface area contributed by atoms with Gasteiger partial charge in [0.05, 0.1) is 0 Å². The van der Waals surface area contributed by atoms with Crippen LogP contribution in [-0.2, 0) is 6.54 Å². The lowest BCUT2D eigenvalue weighted by molar-refractivity contribution is 0.0369. The minimum Gasteiger partial charge on any atom is -0.311 e. The van der Waals surface area contributed by atoms with Gasteiger partial charge in [-0.25, -0.2) is 0 Å². The summed E-state index contributed by atoms with van der Waals surface area (Å²) < 4.78 is 1.16. The highest BCUT2D eigenvalue weighted by atomic mass is 79.9. The minimum atomic E-state index is 0.290. The molecular formula is C17H25BrN2. The third kappa shape index (κ3) is 3.10. The summed E-state index contributed by atoms with van der Waals surface area (Å²) in [5, 5.41) is 3.80. The standard InChI is InChI=1S/C17H25BrN2/c1-3-17(2)12-19-16(14-6-7-14)11-20(17)10-13-4-8-15(18)9-5-13/h4-5,8-9,14,16,19H,3,6-7,10-12H2,1-2H3. The van der Waals surface area contributed by atoms with E-state index in [1.165, 1.54) is 31.4 Å². The highest BCUT2D eigenvalue weighted by molar-refractivity contribution is 9.10. The topological polar surface area (TPSA) is 15.3 Å². The Balaban J connectivity index is 1.73. The van der Waals surface area contributed by atoms with Crippen LogP contribution in [0, 0.1) is 5.92 Å². The van der Waals surface area contributed by atoms with Crippen LogP contribution in [0.25, 0.3) is 0 Å². The molecule has 1 aromatic rings. The Morgan fingerprint density at radius 2 is 2.00 bits per heavy atom. The van der Waals surface area contributed by atoms with E-state index in [4.69, 9.17) is 0 Å². The molecule has 1 saturated carbocycles. The van der Waals surface area contributed by atoms with Crippen LogP contribution >= 0.6 is 15.9 Å². The van der Waals surface area contributed by atoms with Gasteiger partial charge >= 0.3 is 0 Å². The number of benzene rings is 1. The SMILES string of the molecule is CCC1(C)CNC(C2CC2)CN1Cc1ccc(Br)cc1. The first kappa shape index (κ1) is 14.6. The zero-order chi connectivity index (χ0) is 14.2. The second-order valence-corrected chi connectivity index (χ2v) is 7.60. The van der Waals surface area contributed by atoms with E-state index in [-0.39, 0.29) is 0 Å². The van der Waals surface area contributed by atoms with Gasteiger partial charge in [-0.2, -0.15) is 0 Å². The predicted molar refractivity (Wildman–Crippen MR) is 87.8 cm³/mol. The van der Waals surface area contributed by atoms with Crippen molar-refractivity contribution in [2.45, 2.75) is 51.2 Å². The molecule has 1 heterocycles. The smallest absolute Gasteiger partial charge is 0.0307 e. The molecule has 20 heavy (non-hydrogen) atoms. The molecule has 0 radical (unpaired) electrons. The summed E-state index contributed by atoms with van der Waals surface area (Å²) in [4.78, 5) is 2.70. The van der Waals surface area contributed by atoms with Gasteiger partial charge in [-0.3, -0.25) is 4.90 Å². The Bertz CT molecular complexity index is 455. The van der Waals surface area contributed by atoms with Crippen molar-refractivity contribution in [1.82, 2.24) is 10.2 Å². The summed E-state index contributed by atoms with van der Waals surface area (Å²) in [6.45, 7) is 8.12. The molecule has 0 bridgehead atoms. The third-order valence-corrected chi connectivity index (χ3v) is 5.69. The van der Waals surface area contributed by atoms with E-state index in [2.05, 4.69) is 64.3 Å². The lowest BCUT2D eigenvalue weighted by Crippen LogP contribution is -2.63. The Hall–Kier alpha value is -0.380. The Kier molecular flexibility index (Phi) is 4.21. The van der Waals surface area contributed by atoms with Crippen molar-refractivity contribution < 1.29 is 0 Å². The lowest BCUT2D eigenvalue weighted by Gasteiger charge is -2.48. The number of halogens is 1. The predicted octanol–water partition coefficient (Wildman–Crippen LogP) is 3.80. The minimum absolute atomic E-state index is 0.290. The molecule has 1 N–H and O–H groups in total. The molecule has 3 heteroatoms. The van der Waals surface area contributed by atoms with Crippen LogP contribution in [0.1, 0.15) is 38.7 Å². The molecule has 2 aliphatic rings. The van der Waals surface area contributed by atoms with E-state index in [1.807, 2.05) is 0 Å². The summed E-state index contributed by atoms with van der Waals surface area (Å²) in [6.07, 6.45) is 4.05. The number of nitrogens with one attached hydrogen (secondary N) is 1. The van der Waals surface area contributed by atoms with Gasteiger partial charge in [-0.05, 0) is 49.8 Å². The highest BCUT2D eigenvalue weighted by Gasteiger charge is 2.41. The number of nitrogens with zero attached hydrogens (tertiary/aromatic N) is 1. The van der Waals surface area contributed by atoms with E-state index >= 15 is 0 Å². The van der Waals surface area contributed by atoms with Crippen LogP contribution in [0.4, 0.5) is 0 Å². The van der Waals surface area contributed by atoms with Gasteiger partial charge in [0.2, 0.25) is 0 Å². The van der Waals surface area contributed by atoms with Crippen LogP contribution < -0.4 is 5.32 Å². The quantitative estimate of drug-likeness (QED) is 0.899. The molecule has 2 fully saturated rings. The first-order valence-electron chi connectivity index (χ1n) is 7.83. The van der Waals surface area contributed by atoms with Gasteiger partial charge in [-0.1, -0.05) is 35.0 Å². The first-order valence-corrected chi connectivity index (χ1v) is 8.63. The van der Waals surface area contributed by atoms with E-state index in [9.17, 15) is 0 Å². The van der Waals surface area contributed by atoms with E-state index in [0.29, 0.717) is 11.6 Å². The van der Waals surface area contributed by atoms with Gasteiger partial charge in [0.25, 0.3) is 0 Å². The molecule has 110 valence electrons. The summed E-state index contributed by atoms with van der Waals surface area (Å²) in [6, 6.07) is 9.51. The zero-order valence-electron chi connectivity index (χ0n) is 12.5. The van der Waals surface area contributed by atoms with Gasteiger partial charge < -0.3 is 5.32 Å². The number of piperazine rings is 1. The average molecular weight is 337 g/mol. The van der Waals surface area contributed by atoms with Crippen molar-refractivity contribution in [3.63, 3.8) is 0 Å². The van der Waals surface area contributed by atoms with Gasteiger partial charge in [-0.15, -0.1) is 0 Å². The second-order valence-electron chi connectivity index (χ2n) is 6.68. The van der Waals surface area contributed by atoms with Gasteiger partial charge in [0.15, 0.2) is 0 Å². The molecule has 1 aliphatic carbocycles. The van der Waals surface area contributed by atoms with Crippen LogP contribution in [0.15, 0.2) is 28.7 Å². The molecule has 1 aliphatic heterocycles. The van der Waals surface area contributed by atoms with E-state index in [1.54, 1.807) is 0 Å². The van der Waals surface area contributed by atoms with Crippen molar-refractivity contribution in [3.8, 4) is 0 Å². The molecular weight excluding hydrogens is 312 g/mol. The van der Waals surface area contributed by atoms with Gasteiger partial charge in [0.1, 0.15) is 0 Å². The summed E-state index contributed by atoms with van der Waals surface area (Å²) in [5.41, 5.74) is 1.71. The third-order valence-electron chi connectivity index (χ3n) is 5.17. The fourth-order valence-corrected chi connectivity index (χ4v) is 3.48. The zero-order valence-corrected chi connectivity index (χ0v) is 14.1. The highest BCUT2D eigenvalue weighted by Crippen LogP contribution is 2.36. The van der Waals surface area contributed by atoms with E-state index < -0.39 is 0 Å². The number of hydrogen-bond donors (Lipinski definition) is 1. The molecule has 1 aromatic carbocycles. The van der Waals surface area contributed by atoms with Crippen LogP contribution in [0.2, 0.25) is 0 Å². The van der Waals surface area contributed by atoms with Crippen molar-refractivity contribution in [2.75, 3.05) is 13.1 Å². The fraction of sp³-hybridized carbons (Fsp3) is 0.647.